The maximum Gasteiger partial charge on any atom is 0.115 e. The standard InChI is InChI=1S/C22H32O3/c1-4-5-14-12-21(2)18(11-19(24)22(21,3)25)17-8-6-13-10-15(23)7-9-16(13)20(14)17/h7,9-10,14,17-20,23-25H,4-6,8,11-12H2,1-3H3/t14-,17-,18-,19?,20+,21-,22-/m0/s1. The Morgan fingerprint density at radius 2 is 2.00 bits per heavy atom. The van der Waals surface area contributed by atoms with Crippen molar-refractivity contribution in [2.75, 3.05) is 0 Å². The maximum absolute atomic E-state index is 11.1. The molecule has 1 unspecified atom stereocenters. The lowest BCUT2D eigenvalue weighted by atomic mass is 9.49. The van der Waals surface area contributed by atoms with Crippen molar-refractivity contribution < 1.29 is 15.3 Å². The zero-order chi connectivity index (χ0) is 18.0. The Balaban J connectivity index is 1.79. The molecular weight excluding hydrogens is 312 g/mol. The smallest absolute Gasteiger partial charge is 0.115 e. The monoisotopic (exact) mass is 344 g/mol. The molecule has 3 N–H and O–H groups in total. The first kappa shape index (κ1) is 17.4. The minimum Gasteiger partial charge on any atom is -0.508 e. The topological polar surface area (TPSA) is 60.7 Å². The number of benzene rings is 1. The molecule has 0 saturated heterocycles. The second-order valence-corrected chi connectivity index (χ2v) is 9.29. The highest BCUT2D eigenvalue weighted by atomic mass is 16.3. The predicted molar refractivity (Wildman–Crippen MR) is 98.5 cm³/mol. The molecule has 0 heterocycles. The molecule has 3 aliphatic carbocycles. The lowest BCUT2D eigenvalue weighted by molar-refractivity contribution is -0.139. The van der Waals surface area contributed by atoms with Gasteiger partial charge >= 0.3 is 0 Å². The molecule has 7 atom stereocenters. The van der Waals surface area contributed by atoms with Crippen molar-refractivity contribution in [2.24, 2.45) is 23.2 Å². The van der Waals surface area contributed by atoms with Gasteiger partial charge in [-0.1, -0.05) is 32.8 Å². The molecule has 138 valence electrons. The van der Waals surface area contributed by atoms with Crippen LogP contribution in [0.25, 0.3) is 0 Å². The van der Waals surface area contributed by atoms with Crippen LogP contribution in [0.4, 0.5) is 0 Å². The Bertz CT molecular complexity index is 667. The molecular formula is C22H32O3. The van der Waals surface area contributed by atoms with Gasteiger partial charge in [0.05, 0.1) is 11.7 Å². The molecule has 3 aliphatic rings. The number of aliphatic hydroxyl groups excluding tert-OH is 1. The molecule has 25 heavy (non-hydrogen) atoms. The second-order valence-electron chi connectivity index (χ2n) is 9.29. The number of phenols is 1. The van der Waals surface area contributed by atoms with Gasteiger partial charge in [0, 0.05) is 5.41 Å². The van der Waals surface area contributed by atoms with E-state index in [0.717, 1.165) is 38.5 Å². The van der Waals surface area contributed by atoms with Crippen LogP contribution in [0, 0.1) is 23.2 Å². The number of phenolic OH excluding ortho intramolecular Hbond substituents is 1. The van der Waals surface area contributed by atoms with Crippen molar-refractivity contribution in [3.05, 3.63) is 29.3 Å². The normalized spacial score (nSPS) is 45.6. The van der Waals surface area contributed by atoms with E-state index in [4.69, 9.17) is 0 Å². The van der Waals surface area contributed by atoms with Gasteiger partial charge in [-0.3, -0.25) is 0 Å². The van der Waals surface area contributed by atoms with Crippen LogP contribution in [0.2, 0.25) is 0 Å². The third kappa shape index (κ3) is 2.31. The molecule has 1 aromatic rings. The first-order valence-electron chi connectivity index (χ1n) is 10.0. The number of rotatable bonds is 2. The van der Waals surface area contributed by atoms with Gasteiger partial charge in [0.25, 0.3) is 0 Å². The van der Waals surface area contributed by atoms with Crippen molar-refractivity contribution in [3.63, 3.8) is 0 Å². The highest BCUT2D eigenvalue weighted by Gasteiger charge is 2.65. The number of aryl methyl sites for hydroxylation is 1. The predicted octanol–water partition coefficient (Wildman–Crippen LogP) is 4.00. The van der Waals surface area contributed by atoms with E-state index in [1.165, 1.54) is 11.1 Å². The summed E-state index contributed by atoms with van der Waals surface area (Å²) in [5, 5.41) is 31.6. The Hall–Kier alpha value is -1.06. The van der Waals surface area contributed by atoms with Gasteiger partial charge < -0.3 is 15.3 Å². The summed E-state index contributed by atoms with van der Waals surface area (Å²) >= 11 is 0. The van der Waals surface area contributed by atoms with Crippen LogP contribution in [0.3, 0.4) is 0 Å². The van der Waals surface area contributed by atoms with Crippen LogP contribution in [-0.2, 0) is 6.42 Å². The molecule has 3 heteroatoms. The van der Waals surface area contributed by atoms with Crippen LogP contribution in [0.5, 0.6) is 5.75 Å². The summed E-state index contributed by atoms with van der Waals surface area (Å²) in [5.74, 6) is 2.30. The fourth-order valence-corrected chi connectivity index (χ4v) is 6.74. The molecule has 0 radical (unpaired) electrons. The molecule has 0 spiro atoms. The fourth-order valence-electron chi connectivity index (χ4n) is 6.74. The molecule has 0 bridgehead atoms. The third-order valence-corrected chi connectivity index (χ3v) is 8.17. The van der Waals surface area contributed by atoms with Gasteiger partial charge in [-0.05, 0) is 79.5 Å². The molecule has 0 amide bonds. The third-order valence-electron chi connectivity index (χ3n) is 8.17. The molecule has 0 aromatic heterocycles. The average molecular weight is 344 g/mol. The van der Waals surface area contributed by atoms with Crippen molar-refractivity contribution >= 4 is 0 Å². The van der Waals surface area contributed by atoms with E-state index in [0.29, 0.717) is 29.4 Å². The van der Waals surface area contributed by atoms with E-state index in [2.05, 4.69) is 19.9 Å². The van der Waals surface area contributed by atoms with Crippen molar-refractivity contribution in [1.29, 1.82) is 0 Å². The summed E-state index contributed by atoms with van der Waals surface area (Å²) in [7, 11) is 0. The van der Waals surface area contributed by atoms with Crippen molar-refractivity contribution in [1.82, 2.24) is 0 Å². The van der Waals surface area contributed by atoms with Crippen LogP contribution < -0.4 is 0 Å². The minimum atomic E-state index is -0.996. The van der Waals surface area contributed by atoms with Crippen molar-refractivity contribution in [2.45, 2.75) is 76.9 Å². The Labute approximate surface area is 151 Å². The van der Waals surface area contributed by atoms with Crippen LogP contribution in [-0.4, -0.2) is 27.0 Å². The number of fused-ring (bicyclic) bond motifs is 5. The summed E-state index contributed by atoms with van der Waals surface area (Å²) in [6.45, 7) is 6.32. The Morgan fingerprint density at radius 1 is 1.24 bits per heavy atom. The first-order chi connectivity index (χ1) is 11.8. The molecule has 3 nitrogen and oxygen atoms in total. The van der Waals surface area contributed by atoms with Crippen LogP contribution in [0.15, 0.2) is 18.2 Å². The molecule has 0 aliphatic heterocycles. The molecule has 4 rings (SSSR count). The number of aliphatic hydroxyl groups is 2. The van der Waals surface area contributed by atoms with Crippen molar-refractivity contribution in [3.8, 4) is 5.75 Å². The van der Waals surface area contributed by atoms with E-state index in [1.54, 1.807) is 0 Å². The van der Waals surface area contributed by atoms with Gasteiger partial charge in [-0.15, -0.1) is 0 Å². The number of hydrogen-bond acceptors (Lipinski definition) is 3. The lowest BCUT2D eigenvalue weighted by Crippen LogP contribution is -2.54. The number of hydrogen-bond donors (Lipinski definition) is 3. The molecule has 2 saturated carbocycles. The van der Waals surface area contributed by atoms with E-state index >= 15 is 0 Å². The summed E-state index contributed by atoms with van der Waals surface area (Å²) in [4.78, 5) is 0. The average Bonchev–Trinajstić information content (AvgIpc) is 2.74. The summed E-state index contributed by atoms with van der Waals surface area (Å²) in [6, 6.07) is 5.91. The summed E-state index contributed by atoms with van der Waals surface area (Å²) < 4.78 is 0. The highest BCUT2D eigenvalue weighted by Crippen LogP contribution is 2.66. The molecule has 1 aromatic carbocycles. The second kappa shape index (κ2) is 5.72. The molecule has 2 fully saturated rings. The Morgan fingerprint density at radius 3 is 2.72 bits per heavy atom. The van der Waals surface area contributed by atoms with Gasteiger partial charge in [0.15, 0.2) is 0 Å². The van der Waals surface area contributed by atoms with Gasteiger partial charge in [-0.2, -0.15) is 0 Å². The van der Waals surface area contributed by atoms with Crippen LogP contribution in [0.1, 0.15) is 69.9 Å². The number of aromatic hydroxyl groups is 1. The lowest BCUT2D eigenvalue weighted by Gasteiger charge is -2.56. The fraction of sp³-hybridized carbons (Fsp3) is 0.727. The van der Waals surface area contributed by atoms with E-state index in [-0.39, 0.29) is 5.41 Å². The van der Waals surface area contributed by atoms with Gasteiger partial charge in [0.2, 0.25) is 0 Å². The quantitative estimate of drug-likeness (QED) is 0.760. The van der Waals surface area contributed by atoms with Gasteiger partial charge in [-0.25, -0.2) is 0 Å². The summed E-state index contributed by atoms with van der Waals surface area (Å²) in [6.07, 6.45) is 5.49. The minimum absolute atomic E-state index is 0.207. The largest absolute Gasteiger partial charge is 0.508 e. The zero-order valence-corrected chi connectivity index (χ0v) is 15.7. The summed E-state index contributed by atoms with van der Waals surface area (Å²) in [5.41, 5.74) is 1.51. The van der Waals surface area contributed by atoms with Gasteiger partial charge in [0.1, 0.15) is 5.75 Å². The zero-order valence-electron chi connectivity index (χ0n) is 15.7. The highest BCUT2D eigenvalue weighted by molar-refractivity contribution is 5.41. The first-order valence-corrected chi connectivity index (χ1v) is 10.0. The maximum atomic E-state index is 11.1. The SMILES string of the molecule is CCC[C@H]1C[C@@]2(C)[C@@H](CC(O)[C@]2(C)O)[C@@H]2CCc3cc(O)ccc3[C@@H]12. The van der Waals surface area contributed by atoms with E-state index in [9.17, 15) is 15.3 Å². The van der Waals surface area contributed by atoms with E-state index in [1.807, 2.05) is 19.1 Å². The Kier molecular flexibility index (Phi) is 3.97. The van der Waals surface area contributed by atoms with Crippen LogP contribution >= 0.6 is 0 Å². The van der Waals surface area contributed by atoms with E-state index < -0.39 is 11.7 Å².